The molecular formula is C9H7N2Y-. The Morgan fingerprint density at radius 2 is 2.17 bits per heavy atom. The van der Waals surface area contributed by atoms with Crippen LogP contribution in [0.3, 0.4) is 0 Å². The van der Waals surface area contributed by atoms with Gasteiger partial charge in [-0.2, -0.15) is 18.2 Å². The summed E-state index contributed by atoms with van der Waals surface area (Å²) in [5, 5.41) is 1.08. The van der Waals surface area contributed by atoms with Crippen molar-refractivity contribution in [2.45, 2.75) is 6.92 Å². The van der Waals surface area contributed by atoms with Crippen LogP contribution < -0.4 is 0 Å². The van der Waals surface area contributed by atoms with Crippen LogP contribution in [0.2, 0.25) is 0 Å². The maximum absolute atomic E-state index is 4.11. The molecule has 1 radical (unpaired) electrons. The van der Waals surface area contributed by atoms with Crippen molar-refractivity contribution >= 4 is 10.9 Å². The van der Waals surface area contributed by atoms with Gasteiger partial charge < -0.3 is 0 Å². The van der Waals surface area contributed by atoms with E-state index in [4.69, 9.17) is 0 Å². The molecule has 3 heteroatoms. The fraction of sp³-hybridized carbons (Fsp3) is 0.111. The van der Waals surface area contributed by atoms with Crippen LogP contribution in [0.5, 0.6) is 0 Å². The van der Waals surface area contributed by atoms with E-state index in [0.717, 1.165) is 16.6 Å². The topological polar surface area (TPSA) is 25.8 Å². The third-order valence-corrected chi connectivity index (χ3v) is 1.68. The van der Waals surface area contributed by atoms with Gasteiger partial charge in [0.05, 0.1) is 0 Å². The third kappa shape index (κ3) is 1.70. The maximum atomic E-state index is 4.11. The molecule has 0 spiro atoms. The summed E-state index contributed by atoms with van der Waals surface area (Å²) in [7, 11) is 0. The molecule has 57 valence electrons. The first-order chi connectivity index (χ1) is 5.38. The molecule has 0 aliphatic rings. The van der Waals surface area contributed by atoms with E-state index in [1.54, 1.807) is 6.33 Å². The summed E-state index contributed by atoms with van der Waals surface area (Å²) in [5.41, 5.74) is 1.99. The predicted octanol–water partition coefficient (Wildman–Crippen LogP) is 1.74. The molecule has 0 aliphatic heterocycles. The van der Waals surface area contributed by atoms with Gasteiger partial charge in [-0.15, -0.1) is 6.07 Å². The Bertz CT molecular complexity index is 382. The van der Waals surface area contributed by atoms with Crippen molar-refractivity contribution < 1.29 is 32.7 Å². The molecule has 0 unspecified atom stereocenters. The molecule has 0 N–H and O–H groups in total. The predicted molar refractivity (Wildman–Crippen MR) is 43.1 cm³/mol. The summed E-state index contributed by atoms with van der Waals surface area (Å²) in [6.45, 7) is 1.97. The average molecular weight is 232 g/mol. The van der Waals surface area contributed by atoms with E-state index in [1.165, 1.54) is 0 Å². The average Bonchev–Trinajstić information content (AvgIpc) is 2.06. The Morgan fingerprint density at radius 1 is 1.33 bits per heavy atom. The summed E-state index contributed by atoms with van der Waals surface area (Å²) in [6, 6.07) is 8.69. The molecule has 0 amide bonds. The number of nitrogens with zero attached hydrogens (tertiary/aromatic N) is 2. The number of fused-ring (bicyclic) bond motifs is 1. The van der Waals surface area contributed by atoms with Gasteiger partial charge in [0.2, 0.25) is 0 Å². The van der Waals surface area contributed by atoms with Gasteiger partial charge in [0, 0.05) is 32.7 Å². The zero-order valence-electron chi connectivity index (χ0n) is 6.78. The van der Waals surface area contributed by atoms with E-state index < -0.39 is 0 Å². The smallest absolute Gasteiger partial charge is 0.112 e. The molecule has 0 fully saturated rings. The fourth-order valence-electron chi connectivity index (χ4n) is 1.07. The molecule has 0 saturated heterocycles. The summed E-state index contributed by atoms with van der Waals surface area (Å²) < 4.78 is 0. The Kier molecular flexibility index (Phi) is 3.30. The molecule has 2 aromatic rings. The molecule has 1 heterocycles. The van der Waals surface area contributed by atoms with Crippen LogP contribution >= 0.6 is 0 Å². The number of aryl methyl sites for hydroxylation is 1. The molecule has 0 bridgehead atoms. The first-order valence-corrected chi connectivity index (χ1v) is 3.45. The molecule has 0 saturated carbocycles. The van der Waals surface area contributed by atoms with Crippen LogP contribution in [0, 0.1) is 13.0 Å². The number of benzene rings is 1. The minimum atomic E-state index is 0. The van der Waals surface area contributed by atoms with E-state index in [-0.39, 0.29) is 32.7 Å². The van der Waals surface area contributed by atoms with Crippen molar-refractivity contribution in [2.75, 3.05) is 0 Å². The second-order valence-corrected chi connectivity index (χ2v) is 2.40. The summed E-state index contributed by atoms with van der Waals surface area (Å²) in [5.74, 6) is 0. The first-order valence-electron chi connectivity index (χ1n) is 3.45. The van der Waals surface area contributed by atoms with Crippen molar-refractivity contribution in [1.29, 1.82) is 0 Å². The Balaban J connectivity index is 0.000000720. The minimum Gasteiger partial charge on any atom is -0.263 e. The van der Waals surface area contributed by atoms with Gasteiger partial charge in [-0.25, -0.2) is 0 Å². The molecule has 2 rings (SSSR count). The van der Waals surface area contributed by atoms with Gasteiger partial charge in [-0.1, -0.05) is 5.39 Å². The number of hydrogen-bond donors (Lipinski definition) is 0. The molecule has 0 aliphatic carbocycles. The molecular weight excluding hydrogens is 225 g/mol. The zero-order valence-corrected chi connectivity index (χ0v) is 9.62. The van der Waals surface area contributed by atoms with Crippen LogP contribution in [0.25, 0.3) is 10.9 Å². The van der Waals surface area contributed by atoms with Crippen LogP contribution in [-0.4, -0.2) is 9.97 Å². The van der Waals surface area contributed by atoms with Crippen LogP contribution in [-0.2, 0) is 32.7 Å². The fourth-order valence-corrected chi connectivity index (χ4v) is 1.07. The van der Waals surface area contributed by atoms with E-state index in [0.29, 0.717) is 0 Å². The van der Waals surface area contributed by atoms with Gasteiger partial charge in [0.25, 0.3) is 0 Å². The number of hydrogen-bond acceptors (Lipinski definition) is 2. The summed E-state index contributed by atoms with van der Waals surface area (Å²) >= 11 is 0. The maximum Gasteiger partial charge on any atom is 0.112 e. The van der Waals surface area contributed by atoms with Gasteiger partial charge in [0.15, 0.2) is 0 Å². The van der Waals surface area contributed by atoms with Gasteiger partial charge >= 0.3 is 0 Å². The normalized spacial score (nSPS) is 9.42. The van der Waals surface area contributed by atoms with Crippen molar-refractivity contribution in [3.05, 3.63) is 36.3 Å². The minimum absolute atomic E-state index is 0. The quantitative estimate of drug-likeness (QED) is 0.646. The van der Waals surface area contributed by atoms with E-state index >= 15 is 0 Å². The van der Waals surface area contributed by atoms with Crippen LogP contribution in [0.15, 0.2) is 24.5 Å². The molecule has 12 heavy (non-hydrogen) atoms. The van der Waals surface area contributed by atoms with Crippen molar-refractivity contribution in [3.8, 4) is 0 Å². The van der Waals surface area contributed by atoms with E-state index in [2.05, 4.69) is 16.0 Å². The molecule has 0 atom stereocenters. The van der Waals surface area contributed by atoms with E-state index in [1.807, 2.05) is 25.1 Å². The van der Waals surface area contributed by atoms with Crippen molar-refractivity contribution in [1.82, 2.24) is 9.97 Å². The SMILES string of the molecule is Cc1ncnc2cc[c-]cc12.[Y]. The monoisotopic (exact) mass is 232 g/mol. The van der Waals surface area contributed by atoms with Crippen molar-refractivity contribution in [2.24, 2.45) is 0 Å². The third-order valence-electron chi connectivity index (χ3n) is 1.68. The van der Waals surface area contributed by atoms with Crippen LogP contribution in [0.1, 0.15) is 5.69 Å². The Labute approximate surface area is 96.3 Å². The standard InChI is InChI=1S/C9H7N2.Y/c1-7-8-4-2-3-5-9(8)11-6-10-7;/h3-6H,1H3;/q-1;. The zero-order chi connectivity index (χ0) is 7.68. The van der Waals surface area contributed by atoms with Crippen molar-refractivity contribution in [3.63, 3.8) is 0 Å². The van der Waals surface area contributed by atoms with Gasteiger partial charge in [-0.3, -0.25) is 9.97 Å². The molecule has 1 aromatic heterocycles. The Hall–Kier alpha value is -0.336. The second kappa shape index (κ2) is 4.06. The van der Waals surface area contributed by atoms with Gasteiger partial charge in [-0.05, 0) is 18.1 Å². The molecule has 2 nitrogen and oxygen atoms in total. The Morgan fingerprint density at radius 3 is 2.92 bits per heavy atom. The number of aromatic nitrogens is 2. The first kappa shape index (κ1) is 9.75. The second-order valence-electron chi connectivity index (χ2n) is 2.40. The summed E-state index contributed by atoms with van der Waals surface area (Å²) in [6.07, 6.45) is 1.58. The van der Waals surface area contributed by atoms with E-state index in [9.17, 15) is 0 Å². The van der Waals surface area contributed by atoms with Gasteiger partial charge in [0.1, 0.15) is 6.33 Å². The molecule has 1 aromatic carbocycles. The number of rotatable bonds is 0. The largest absolute Gasteiger partial charge is 0.263 e. The summed E-state index contributed by atoms with van der Waals surface area (Å²) in [4.78, 5) is 8.19. The van der Waals surface area contributed by atoms with Crippen LogP contribution in [0.4, 0.5) is 0 Å².